The maximum absolute atomic E-state index is 13.4. The molecule has 2 aromatic rings. The van der Waals surface area contributed by atoms with Crippen LogP contribution in [-0.4, -0.2) is 42.1 Å². The third-order valence-corrected chi connectivity index (χ3v) is 4.84. The number of nitrogens with zero attached hydrogens (tertiary/aromatic N) is 3. The number of rotatable bonds is 5. The van der Waals surface area contributed by atoms with Crippen molar-refractivity contribution < 1.29 is 9.18 Å². The second kappa shape index (κ2) is 8.52. The Morgan fingerprint density at radius 1 is 1.19 bits per heavy atom. The van der Waals surface area contributed by atoms with Crippen molar-refractivity contribution in [3.63, 3.8) is 0 Å². The van der Waals surface area contributed by atoms with Gasteiger partial charge < -0.3 is 15.5 Å². The number of nitrogens with one attached hydrogen (secondary N) is 2. The van der Waals surface area contributed by atoms with E-state index in [4.69, 9.17) is 11.6 Å². The minimum Gasteiger partial charge on any atom is -0.363 e. The minimum absolute atomic E-state index is 0.0617. The van der Waals surface area contributed by atoms with Crippen LogP contribution in [0.4, 0.5) is 16.2 Å². The Bertz CT molecular complexity index is 788. The van der Waals surface area contributed by atoms with E-state index < -0.39 is 5.82 Å². The summed E-state index contributed by atoms with van der Waals surface area (Å²) < 4.78 is 13.4. The van der Waals surface area contributed by atoms with Gasteiger partial charge in [0.1, 0.15) is 11.6 Å². The third-order valence-electron chi connectivity index (χ3n) is 4.62. The summed E-state index contributed by atoms with van der Waals surface area (Å²) >= 11 is 5.82. The van der Waals surface area contributed by atoms with Gasteiger partial charge in [-0.15, -0.1) is 0 Å². The first kappa shape index (κ1) is 19.4. The maximum Gasteiger partial charge on any atom is 0.251 e. The molecule has 3 rings (SSSR count). The van der Waals surface area contributed by atoms with E-state index in [1.54, 1.807) is 6.20 Å². The van der Waals surface area contributed by atoms with Crippen LogP contribution in [-0.2, 0) is 0 Å². The van der Waals surface area contributed by atoms with E-state index in [1.165, 1.54) is 18.2 Å². The molecule has 0 bridgehead atoms. The SMILES string of the molecule is CN(C)c1ccnc(N[C@H]2CC[C@@H](NC(=O)c3cc(F)cc(Cl)c3)CC2)n1. The second-order valence-electron chi connectivity index (χ2n) is 6.96. The van der Waals surface area contributed by atoms with Crippen LogP contribution in [0.25, 0.3) is 0 Å². The van der Waals surface area contributed by atoms with Crippen LogP contribution in [0.5, 0.6) is 0 Å². The predicted molar refractivity (Wildman–Crippen MR) is 105 cm³/mol. The lowest BCUT2D eigenvalue weighted by Gasteiger charge is -2.29. The normalized spacial score (nSPS) is 19.4. The molecule has 0 saturated heterocycles. The molecule has 27 heavy (non-hydrogen) atoms. The lowest BCUT2D eigenvalue weighted by Crippen LogP contribution is -2.40. The highest BCUT2D eigenvalue weighted by atomic mass is 35.5. The van der Waals surface area contributed by atoms with Gasteiger partial charge in [-0.3, -0.25) is 4.79 Å². The molecule has 144 valence electrons. The summed E-state index contributed by atoms with van der Waals surface area (Å²) in [4.78, 5) is 23.0. The van der Waals surface area contributed by atoms with Crippen molar-refractivity contribution in [2.45, 2.75) is 37.8 Å². The molecule has 2 N–H and O–H groups in total. The van der Waals surface area contributed by atoms with Gasteiger partial charge in [-0.25, -0.2) is 9.37 Å². The first-order valence-electron chi connectivity index (χ1n) is 8.94. The molecule has 1 heterocycles. The van der Waals surface area contributed by atoms with Gasteiger partial charge in [0, 0.05) is 43.0 Å². The van der Waals surface area contributed by atoms with Gasteiger partial charge in [0.2, 0.25) is 5.95 Å². The fraction of sp³-hybridized carbons (Fsp3) is 0.421. The van der Waals surface area contributed by atoms with Crippen molar-refractivity contribution in [2.24, 2.45) is 0 Å². The molecule has 0 unspecified atom stereocenters. The summed E-state index contributed by atoms with van der Waals surface area (Å²) in [5.41, 5.74) is 0.245. The first-order chi connectivity index (χ1) is 12.9. The zero-order valence-corrected chi connectivity index (χ0v) is 16.1. The molecule has 1 aromatic heterocycles. The van der Waals surface area contributed by atoms with Gasteiger partial charge in [0.05, 0.1) is 0 Å². The van der Waals surface area contributed by atoms with Crippen molar-refractivity contribution in [3.8, 4) is 0 Å². The molecule has 6 nitrogen and oxygen atoms in total. The zero-order valence-electron chi connectivity index (χ0n) is 15.4. The van der Waals surface area contributed by atoms with Gasteiger partial charge in [-0.1, -0.05) is 11.6 Å². The summed E-state index contributed by atoms with van der Waals surface area (Å²) in [5, 5.41) is 6.55. The van der Waals surface area contributed by atoms with Gasteiger partial charge in [0.25, 0.3) is 5.91 Å². The topological polar surface area (TPSA) is 70.2 Å². The minimum atomic E-state index is -0.513. The number of carbonyl (C=O) groups excluding carboxylic acids is 1. The molecule has 0 atom stereocenters. The fourth-order valence-corrected chi connectivity index (χ4v) is 3.41. The lowest BCUT2D eigenvalue weighted by atomic mass is 9.91. The summed E-state index contributed by atoms with van der Waals surface area (Å²) in [6, 6.07) is 6.04. The second-order valence-corrected chi connectivity index (χ2v) is 7.39. The van der Waals surface area contributed by atoms with Gasteiger partial charge in [0.15, 0.2) is 0 Å². The van der Waals surface area contributed by atoms with Crippen LogP contribution in [0.15, 0.2) is 30.5 Å². The molecule has 1 aliphatic rings. The Hall–Kier alpha value is -2.41. The van der Waals surface area contributed by atoms with E-state index in [-0.39, 0.29) is 28.6 Å². The Kier molecular flexibility index (Phi) is 6.11. The lowest BCUT2D eigenvalue weighted by molar-refractivity contribution is 0.0926. The standard InChI is InChI=1S/C19H23ClFN5O/c1-26(2)17-7-8-22-19(25-17)24-16-5-3-15(4-6-16)23-18(27)12-9-13(20)11-14(21)10-12/h7-11,15-16H,3-6H2,1-2H3,(H,23,27)(H,22,24,25)/t15-,16+. The third kappa shape index (κ3) is 5.29. The maximum atomic E-state index is 13.4. The van der Waals surface area contributed by atoms with E-state index >= 15 is 0 Å². The monoisotopic (exact) mass is 391 g/mol. The number of halogens is 2. The Morgan fingerprint density at radius 2 is 1.89 bits per heavy atom. The molecule has 8 heteroatoms. The Balaban J connectivity index is 1.51. The number of anilines is 2. The van der Waals surface area contributed by atoms with E-state index in [2.05, 4.69) is 20.6 Å². The van der Waals surface area contributed by atoms with Crippen LogP contribution >= 0.6 is 11.6 Å². The Labute approximate surface area is 163 Å². The fourth-order valence-electron chi connectivity index (χ4n) is 3.19. The van der Waals surface area contributed by atoms with Crippen LogP contribution < -0.4 is 15.5 Å². The molecule has 1 amide bonds. The molecule has 0 spiro atoms. The number of carbonyl (C=O) groups is 1. The number of amides is 1. The molecule has 0 aliphatic heterocycles. The summed E-state index contributed by atoms with van der Waals surface area (Å²) in [7, 11) is 3.87. The summed E-state index contributed by atoms with van der Waals surface area (Å²) in [6.45, 7) is 0. The van der Waals surface area contributed by atoms with Crippen LogP contribution in [0.1, 0.15) is 36.0 Å². The summed E-state index contributed by atoms with van der Waals surface area (Å²) in [6.07, 6.45) is 5.19. The van der Waals surface area contributed by atoms with Crippen molar-refractivity contribution in [1.82, 2.24) is 15.3 Å². The summed E-state index contributed by atoms with van der Waals surface area (Å²) in [5.74, 6) is 0.653. The first-order valence-corrected chi connectivity index (χ1v) is 9.32. The van der Waals surface area contributed by atoms with Crippen LogP contribution in [0.3, 0.4) is 0 Å². The largest absolute Gasteiger partial charge is 0.363 e. The number of aromatic nitrogens is 2. The highest BCUT2D eigenvalue weighted by Crippen LogP contribution is 2.22. The quantitative estimate of drug-likeness (QED) is 0.816. The molecular weight excluding hydrogens is 369 g/mol. The van der Waals surface area contributed by atoms with Crippen molar-refractivity contribution in [3.05, 3.63) is 46.9 Å². The Morgan fingerprint density at radius 3 is 2.56 bits per heavy atom. The highest BCUT2D eigenvalue weighted by Gasteiger charge is 2.23. The van der Waals surface area contributed by atoms with Crippen LogP contribution in [0.2, 0.25) is 5.02 Å². The molecule has 1 aliphatic carbocycles. The van der Waals surface area contributed by atoms with Crippen LogP contribution in [0, 0.1) is 5.82 Å². The van der Waals surface area contributed by atoms with Crippen molar-refractivity contribution in [2.75, 3.05) is 24.3 Å². The van der Waals surface area contributed by atoms with E-state index in [0.717, 1.165) is 31.5 Å². The highest BCUT2D eigenvalue weighted by molar-refractivity contribution is 6.31. The number of benzene rings is 1. The molecule has 1 aromatic carbocycles. The van der Waals surface area contributed by atoms with E-state index in [0.29, 0.717) is 5.95 Å². The van der Waals surface area contributed by atoms with Crippen molar-refractivity contribution >= 4 is 29.3 Å². The van der Waals surface area contributed by atoms with Crippen molar-refractivity contribution in [1.29, 1.82) is 0 Å². The molecule has 1 fully saturated rings. The molecule has 1 saturated carbocycles. The molecule has 0 radical (unpaired) electrons. The van der Waals surface area contributed by atoms with Gasteiger partial charge in [-0.2, -0.15) is 4.98 Å². The average molecular weight is 392 g/mol. The predicted octanol–water partition coefficient (Wildman–Crippen LogP) is 3.49. The smallest absolute Gasteiger partial charge is 0.251 e. The van der Waals surface area contributed by atoms with E-state index in [9.17, 15) is 9.18 Å². The molecular formula is C19H23ClFN5O. The van der Waals surface area contributed by atoms with Gasteiger partial charge >= 0.3 is 0 Å². The zero-order chi connectivity index (χ0) is 19.4. The van der Waals surface area contributed by atoms with Gasteiger partial charge in [-0.05, 0) is 49.9 Å². The average Bonchev–Trinajstić information content (AvgIpc) is 2.63. The van der Waals surface area contributed by atoms with E-state index in [1.807, 2.05) is 25.1 Å². The number of hydrogen-bond acceptors (Lipinski definition) is 5. The number of hydrogen-bond donors (Lipinski definition) is 2.